The molecule has 3 rings (SSSR count). The monoisotopic (exact) mass is 374 g/mol. The van der Waals surface area contributed by atoms with Gasteiger partial charge in [-0.15, -0.1) is 0 Å². The van der Waals surface area contributed by atoms with Crippen molar-refractivity contribution in [2.45, 2.75) is 45.4 Å². The Labute approximate surface area is 159 Å². The lowest BCUT2D eigenvalue weighted by Gasteiger charge is -2.19. The van der Waals surface area contributed by atoms with Gasteiger partial charge in [0.25, 0.3) is 5.91 Å². The molecule has 2 saturated heterocycles. The molecule has 2 heterocycles. The topological polar surface area (TPSA) is 65.0 Å². The summed E-state index contributed by atoms with van der Waals surface area (Å²) in [5.74, 6) is -0.591. The number of nitrogens with one attached hydrogen (secondary N) is 1. The number of benzene rings is 1. The van der Waals surface area contributed by atoms with Crippen LogP contribution in [0.4, 0.5) is 10.1 Å². The van der Waals surface area contributed by atoms with Crippen LogP contribution in [0.2, 0.25) is 0 Å². The summed E-state index contributed by atoms with van der Waals surface area (Å²) in [4.78, 5) is 27.7. The van der Waals surface area contributed by atoms with E-state index in [4.69, 9.17) is 0 Å². The molecule has 27 heavy (non-hydrogen) atoms. The molecule has 146 valence electrons. The summed E-state index contributed by atoms with van der Waals surface area (Å²) in [6.45, 7) is 4.11. The van der Waals surface area contributed by atoms with E-state index in [2.05, 4.69) is 10.5 Å². The third-order valence-corrected chi connectivity index (χ3v) is 5.17. The minimum absolute atomic E-state index is 0.0118. The maximum Gasteiger partial charge on any atom is 0.259 e. The molecule has 0 unspecified atom stereocenters. The van der Waals surface area contributed by atoms with Crippen LogP contribution in [0, 0.1) is 5.82 Å². The fourth-order valence-electron chi connectivity index (χ4n) is 3.57. The first-order valence-corrected chi connectivity index (χ1v) is 9.70. The molecule has 0 atom stereocenters. The van der Waals surface area contributed by atoms with Gasteiger partial charge in [0.15, 0.2) is 0 Å². The first-order valence-electron chi connectivity index (χ1n) is 9.70. The Balaban J connectivity index is 1.58. The second kappa shape index (κ2) is 8.97. The van der Waals surface area contributed by atoms with Gasteiger partial charge < -0.3 is 9.80 Å². The van der Waals surface area contributed by atoms with E-state index in [1.54, 1.807) is 17.9 Å². The van der Waals surface area contributed by atoms with Gasteiger partial charge >= 0.3 is 0 Å². The number of carbonyl (C=O) groups excluding carboxylic acids is 2. The van der Waals surface area contributed by atoms with Crippen LogP contribution in [-0.2, 0) is 9.59 Å². The van der Waals surface area contributed by atoms with E-state index in [0.717, 1.165) is 45.2 Å². The molecule has 0 spiro atoms. The zero-order valence-corrected chi connectivity index (χ0v) is 15.8. The lowest BCUT2D eigenvalue weighted by Crippen LogP contribution is -2.39. The third-order valence-electron chi connectivity index (χ3n) is 5.17. The molecule has 2 aliphatic rings. The van der Waals surface area contributed by atoms with Crippen molar-refractivity contribution < 1.29 is 14.0 Å². The summed E-state index contributed by atoms with van der Waals surface area (Å²) in [5.41, 5.74) is 4.25. The second-order valence-corrected chi connectivity index (χ2v) is 7.22. The number of nitrogens with zero attached hydrogens (tertiary/aromatic N) is 3. The van der Waals surface area contributed by atoms with Crippen LogP contribution < -0.4 is 10.3 Å². The maximum absolute atomic E-state index is 14.4. The van der Waals surface area contributed by atoms with Crippen molar-refractivity contribution in [3.63, 3.8) is 0 Å². The number of anilines is 1. The normalized spacial score (nSPS) is 18.6. The summed E-state index contributed by atoms with van der Waals surface area (Å²) in [6.07, 6.45) is 5.50. The lowest BCUT2D eigenvalue weighted by molar-refractivity contribution is -0.135. The molecule has 6 nitrogen and oxygen atoms in total. The van der Waals surface area contributed by atoms with E-state index in [1.165, 1.54) is 6.07 Å². The van der Waals surface area contributed by atoms with Crippen LogP contribution in [0.5, 0.6) is 0 Å². The second-order valence-electron chi connectivity index (χ2n) is 7.22. The molecule has 0 radical (unpaired) electrons. The number of carbonyl (C=O) groups is 2. The van der Waals surface area contributed by atoms with Crippen LogP contribution in [0.25, 0.3) is 0 Å². The van der Waals surface area contributed by atoms with Crippen molar-refractivity contribution in [2.24, 2.45) is 5.10 Å². The molecule has 0 aromatic heterocycles. The number of hydrazone groups is 1. The number of hydrogen-bond acceptors (Lipinski definition) is 4. The molecular weight excluding hydrogens is 347 g/mol. The minimum atomic E-state index is -0.334. The number of hydrogen-bond donors (Lipinski definition) is 1. The first kappa shape index (κ1) is 19.3. The van der Waals surface area contributed by atoms with E-state index in [0.29, 0.717) is 29.9 Å². The van der Waals surface area contributed by atoms with Crippen LogP contribution >= 0.6 is 0 Å². The van der Waals surface area contributed by atoms with Gasteiger partial charge in [-0.1, -0.05) is 12.5 Å². The van der Waals surface area contributed by atoms with Gasteiger partial charge in [0.1, 0.15) is 12.4 Å². The Bertz CT molecular complexity index is 729. The van der Waals surface area contributed by atoms with E-state index in [-0.39, 0.29) is 24.2 Å². The molecule has 7 heteroatoms. The highest BCUT2D eigenvalue weighted by molar-refractivity contribution is 5.99. The number of amides is 2. The molecule has 1 aromatic rings. The molecule has 0 bridgehead atoms. The average Bonchev–Trinajstić information content (AvgIpc) is 3.11. The molecular formula is C20H27FN4O2. The smallest absolute Gasteiger partial charge is 0.259 e. The molecule has 2 aliphatic heterocycles. The predicted molar refractivity (Wildman–Crippen MR) is 103 cm³/mol. The molecule has 0 aliphatic carbocycles. The molecule has 1 N–H and O–H groups in total. The van der Waals surface area contributed by atoms with Crippen LogP contribution in [0.3, 0.4) is 0 Å². The fourth-order valence-corrected chi connectivity index (χ4v) is 3.57. The van der Waals surface area contributed by atoms with E-state index in [9.17, 15) is 14.0 Å². The summed E-state index contributed by atoms with van der Waals surface area (Å²) in [5, 5.41) is 4.08. The van der Waals surface area contributed by atoms with Crippen molar-refractivity contribution in [3.05, 3.63) is 29.6 Å². The summed E-state index contributed by atoms with van der Waals surface area (Å²) >= 11 is 0. The van der Waals surface area contributed by atoms with Gasteiger partial charge in [0, 0.05) is 31.6 Å². The molecule has 0 saturated carbocycles. The van der Waals surface area contributed by atoms with Crippen molar-refractivity contribution in [3.8, 4) is 0 Å². The Kier molecular flexibility index (Phi) is 6.42. The van der Waals surface area contributed by atoms with Gasteiger partial charge in [-0.2, -0.15) is 5.10 Å². The summed E-state index contributed by atoms with van der Waals surface area (Å²) in [6, 6.07) is 5.05. The third kappa shape index (κ3) is 5.05. The zero-order valence-electron chi connectivity index (χ0n) is 15.8. The van der Waals surface area contributed by atoms with Gasteiger partial charge in [-0.3, -0.25) is 9.59 Å². The predicted octanol–water partition coefficient (Wildman–Crippen LogP) is 2.67. The maximum atomic E-state index is 14.4. The fraction of sp³-hybridized carbons (Fsp3) is 0.550. The van der Waals surface area contributed by atoms with Gasteiger partial charge in [0.2, 0.25) is 5.91 Å². The van der Waals surface area contributed by atoms with E-state index in [1.807, 2.05) is 11.0 Å². The summed E-state index contributed by atoms with van der Waals surface area (Å²) in [7, 11) is 0. The zero-order chi connectivity index (χ0) is 19.2. The minimum Gasteiger partial charge on any atom is -0.369 e. The van der Waals surface area contributed by atoms with E-state index >= 15 is 0 Å². The van der Waals surface area contributed by atoms with Crippen molar-refractivity contribution >= 4 is 23.2 Å². The Morgan fingerprint density at radius 2 is 1.89 bits per heavy atom. The highest BCUT2D eigenvalue weighted by Gasteiger charge is 2.19. The number of halogens is 1. The van der Waals surface area contributed by atoms with Crippen LogP contribution in [0.1, 0.15) is 51.0 Å². The van der Waals surface area contributed by atoms with Crippen molar-refractivity contribution in [1.29, 1.82) is 0 Å². The first-order chi connectivity index (χ1) is 13.0. The molecule has 2 amide bonds. The standard InChI is InChI=1S/C20H27FN4O2/c1-15(16-8-9-18(17(21)13-16)24-10-5-6-11-24)22-23-19(26)14-25-12-4-2-3-7-20(25)27/h8-9,13H,2-7,10-12,14H2,1H3,(H,23,26)/b22-15-. The highest BCUT2D eigenvalue weighted by atomic mass is 19.1. The SMILES string of the molecule is C/C(=N/NC(=O)CN1CCCCCC1=O)c1ccc(N2CCCC2)c(F)c1. The van der Waals surface area contributed by atoms with Gasteiger partial charge in [0.05, 0.1) is 11.4 Å². The van der Waals surface area contributed by atoms with E-state index < -0.39 is 0 Å². The number of rotatable bonds is 5. The van der Waals surface area contributed by atoms with Gasteiger partial charge in [-0.05, 0) is 44.7 Å². The lowest BCUT2D eigenvalue weighted by atomic mass is 10.1. The Hall–Kier alpha value is -2.44. The Morgan fingerprint density at radius 1 is 1.15 bits per heavy atom. The quantitative estimate of drug-likeness (QED) is 0.637. The number of likely N-dealkylation sites (tertiary alicyclic amines) is 1. The van der Waals surface area contributed by atoms with Crippen molar-refractivity contribution in [2.75, 3.05) is 31.1 Å². The summed E-state index contributed by atoms with van der Waals surface area (Å²) < 4.78 is 14.4. The Morgan fingerprint density at radius 3 is 2.63 bits per heavy atom. The van der Waals surface area contributed by atoms with Crippen LogP contribution in [-0.4, -0.2) is 48.6 Å². The largest absolute Gasteiger partial charge is 0.369 e. The average molecular weight is 374 g/mol. The van der Waals surface area contributed by atoms with Gasteiger partial charge in [-0.25, -0.2) is 9.82 Å². The molecule has 2 fully saturated rings. The van der Waals surface area contributed by atoms with Crippen molar-refractivity contribution in [1.82, 2.24) is 10.3 Å². The highest BCUT2D eigenvalue weighted by Crippen LogP contribution is 2.24. The van der Waals surface area contributed by atoms with Crippen LogP contribution in [0.15, 0.2) is 23.3 Å². The molecule has 1 aromatic carbocycles.